The van der Waals surface area contributed by atoms with Gasteiger partial charge >= 0.3 is 0 Å². The third kappa shape index (κ3) is 4.07. The SMILES string of the molecule is COc1ccc(Cl)cc1CN(C)C(=O)c1nc(C)n(-c2ccccc2Cl)n1. The van der Waals surface area contributed by atoms with E-state index in [1.165, 1.54) is 4.90 Å². The van der Waals surface area contributed by atoms with Crippen molar-refractivity contribution < 1.29 is 9.53 Å². The maximum absolute atomic E-state index is 12.8. The molecular formula is C19H18Cl2N4O2. The first-order chi connectivity index (χ1) is 12.9. The van der Waals surface area contributed by atoms with Gasteiger partial charge < -0.3 is 9.64 Å². The molecule has 1 heterocycles. The third-order valence-electron chi connectivity index (χ3n) is 4.04. The van der Waals surface area contributed by atoms with Crippen molar-refractivity contribution in [1.82, 2.24) is 19.7 Å². The number of methoxy groups -OCH3 is 1. The van der Waals surface area contributed by atoms with Crippen molar-refractivity contribution in [1.29, 1.82) is 0 Å². The second-order valence-electron chi connectivity index (χ2n) is 5.96. The summed E-state index contributed by atoms with van der Waals surface area (Å²) < 4.78 is 6.89. The van der Waals surface area contributed by atoms with E-state index in [1.807, 2.05) is 18.2 Å². The van der Waals surface area contributed by atoms with Crippen molar-refractivity contribution in [3.63, 3.8) is 0 Å². The molecule has 8 heteroatoms. The summed E-state index contributed by atoms with van der Waals surface area (Å²) in [5.41, 5.74) is 1.46. The first-order valence-electron chi connectivity index (χ1n) is 8.17. The first-order valence-corrected chi connectivity index (χ1v) is 8.92. The van der Waals surface area contributed by atoms with E-state index in [9.17, 15) is 4.79 Å². The second-order valence-corrected chi connectivity index (χ2v) is 6.81. The van der Waals surface area contributed by atoms with Gasteiger partial charge in [-0.1, -0.05) is 35.3 Å². The highest BCUT2D eigenvalue weighted by Gasteiger charge is 2.21. The lowest BCUT2D eigenvalue weighted by molar-refractivity contribution is 0.0772. The Labute approximate surface area is 167 Å². The fraction of sp³-hybridized carbons (Fsp3) is 0.211. The largest absolute Gasteiger partial charge is 0.496 e. The molecule has 6 nitrogen and oxygen atoms in total. The molecule has 0 aliphatic rings. The average Bonchev–Trinajstić information content (AvgIpc) is 3.03. The van der Waals surface area contributed by atoms with Crippen molar-refractivity contribution in [3.8, 4) is 11.4 Å². The molecule has 0 aliphatic carbocycles. The van der Waals surface area contributed by atoms with Gasteiger partial charge in [0.05, 0.1) is 17.8 Å². The number of halogens is 2. The molecule has 1 amide bonds. The van der Waals surface area contributed by atoms with E-state index in [-0.39, 0.29) is 11.7 Å². The van der Waals surface area contributed by atoms with Crippen LogP contribution in [0.1, 0.15) is 22.0 Å². The Balaban J connectivity index is 1.85. The number of para-hydroxylation sites is 1. The van der Waals surface area contributed by atoms with E-state index >= 15 is 0 Å². The topological polar surface area (TPSA) is 60.2 Å². The van der Waals surface area contributed by atoms with Crippen molar-refractivity contribution >= 4 is 29.1 Å². The quantitative estimate of drug-likeness (QED) is 0.640. The van der Waals surface area contributed by atoms with E-state index in [0.29, 0.717) is 33.9 Å². The van der Waals surface area contributed by atoms with E-state index in [4.69, 9.17) is 27.9 Å². The zero-order valence-corrected chi connectivity index (χ0v) is 16.6. The van der Waals surface area contributed by atoms with Crippen LogP contribution in [0.15, 0.2) is 42.5 Å². The molecule has 27 heavy (non-hydrogen) atoms. The van der Waals surface area contributed by atoms with Gasteiger partial charge in [-0.15, -0.1) is 5.10 Å². The smallest absolute Gasteiger partial charge is 0.293 e. The molecule has 0 bridgehead atoms. The monoisotopic (exact) mass is 404 g/mol. The van der Waals surface area contributed by atoms with Gasteiger partial charge in [0.2, 0.25) is 5.82 Å². The Morgan fingerprint density at radius 3 is 2.67 bits per heavy atom. The van der Waals surface area contributed by atoms with Crippen LogP contribution in [0.2, 0.25) is 10.0 Å². The molecule has 3 aromatic rings. The Morgan fingerprint density at radius 2 is 1.96 bits per heavy atom. The van der Waals surface area contributed by atoms with E-state index < -0.39 is 0 Å². The minimum Gasteiger partial charge on any atom is -0.496 e. The average molecular weight is 405 g/mol. The van der Waals surface area contributed by atoms with Crippen LogP contribution in [-0.4, -0.2) is 39.7 Å². The number of hydrogen-bond donors (Lipinski definition) is 0. The van der Waals surface area contributed by atoms with Crippen LogP contribution in [0, 0.1) is 6.92 Å². The fourth-order valence-corrected chi connectivity index (χ4v) is 3.11. The maximum Gasteiger partial charge on any atom is 0.293 e. The molecule has 0 fully saturated rings. The second kappa shape index (κ2) is 7.98. The van der Waals surface area contributed by atoms with Crippen molar-refractivity contribution in [2.45, 2.75) is 13.5 Å². The summed E-state index contributed by atoms with van der Waals surface area (Å²) in [5.74, 6) is 1.01. The number of benzene rings is 2. The summed E-state index contributed by atoms with van der Waals surface area (Å²) in [6.45, 7) is 2.08. The molecule has 2 aromatic carbocycles. The molecule has 0 aliphatic heterocycles. The molecule has 0 N–H and O–H groups in total. The van der Waals surface area contributed by atoms with Crippen LogP contribution >= 0.6 is 23.2 Å². The van der Waals surface area contributed by atoms with Crippen molar-refractivity contribution in [3.05, 3.63) is 69.7 Å². The molecular weight excluding hydrogens is 387 g/mol. The normalized spacial score (nSPS) is 10.7. The minimum atomic E-state index is -0.314. The van der Waals surface area contributed by atoms with Crippen LogP contribution in [0.4, 0.5) is 0 Å². The van der Waals surface area contributed by atoms with Crippen molar-refractivity contribution in [2.75, 3.05) is 14.2 Å². The van der Waals surface area contributed by atoms with Gasteiger partial charge in [-0.3, -0.25) is 4.79 Å². The van der Waals surface area contributed by atoms with Crippen LogP contribution in [0.3, 0.4) is 0 Å². The first kappa shape index (κ1) is 19.2. The van der Waals surface area contributed by atoms with Crippen LogP contribution in [0.5, 0.6) is 5.75 Å². The van der Waals surface area contributed by atoms with Crippen LogP contribution in [0.25, 0.3) is 5.69 Å². The molecule has 140 valence electrons. The number of rotatable bonds is 5. The Bertz CT molecular complexity index is 988. The molecule has 3 rings (SSSR count). The summed E-state index contributed by atoms with van der Waals surface area (Å²) in [6.07, 6.45) is 0. The third-order valence-corrected chi connectivity index (χ3v) is 4.59. The number of hydrogen-bond acceptors (Lipinski definition) is 4. The summed E-state index contributed by atoms with van der Waals surface area (Å²) in [7, 11) is 3.25. The lowest BCUT2D eigenvalue weighted by Gasteiger charge is -2.17. The van der Waals surface area contributed by atoms with Crippen LogP contribution in [-0.2, 0) is 6.54 Å². The highest BCUT2D eigenvalue weighted by Crippen LogP contribution is 2.24. The van der Waals surface area contributed by atoms with Gasteiger partial charge in [0.15, 0.2) is 0 Å². The number of carbonyl (C=O) groups is 1. The number of aromatic nitrogens is 3. The van der Waals surface area contributed by atoms with Gasteiger partial charge in [-0.05, 0) is 37.3 Å². The standard InChI is InChI=1S/C19H18Cl2N4O2/c1-12-22-18(23-25(12)16-7-5-4-6-15(16)21)19(26)24(2)11-13-10-14(20)8-9-17(13)27-3/h4-10H,11H2,1-3H3. The van der Waals surface area contributed by atoms with Crippen molar-refractivity contribution in [2.24, 2.45) is 0 Å². The lowest BCUT2D eigenvalue weighted by Crippen LogP contribution is -2.27. The number of amides is 1. The zero-order valence-electron chi connectivity index (χ0n) is 15.1. The number of nitrogens with zero attached hydrogens (tertiary/aromatic N) is 4. The van der Waals surface area contributed by atoms with Gasteiger partial charge in [-0.25, -0.2) is 9.67 Å². The summed E-state index contributed by atoms with van der Waals surface area (Å²) in [5, 5.41) is 5.44. The molecule has 0 atom stereocenters. The Kier molecular flexibility index (Phi) is 5.68. The van der Waals surface area contributed by atoms with E-state index in [1.54, 1.807) is 50.0 Å². The Morgan fingerprint density at radius 1 is 1.22 bits per heavy atom. The minimum absolute atomic E-state index is 0.0934. The molecule has 0 saturated heterocycles. The highest BCUT2D eigenvalue weighted by atomic mass is 35.5. The Hall–Kier alpha value is -2.57. The molecule has 1 aromatic heterocycles. The van der Waals surface area contributed by atoms with E-state index in [0.717, 1.165) is 5.56 Å². The molecule has 0 spiro atoms. The molecule has 0 saturated carbocycles. The summed E-state index contributed by atoms with van der Waals surface area (Å²) in [6, 6.07) is 12.5. The maximum atomic E-state index is 12.8. The predicted molar refractivity (Wildman–Crippen MR) is 105 cm³/mol. The van der Waals surface area contributed by atoms with Gasteiger partial charge in [-0.2, -0.15) is 0 Å². The predicted octanol–water partition coefficient (Wildman–Crippen LogP) is 4.16. The zero-order chi connectivity index (χ0) is 19.6. The van der Waals surface area contributed by atoms with Crippen LogP contribution < -0.4 is 4.74 Å². The molecule has 0 unspecified atom stereocenters. The summed E-state index contributed by atoms with van der Waals surface area (Å²) >= 11 is 12.3. The lowest BCUT2D eigenvalue weighted by atomic mass is 10.2. The summed E-state index contributed by atoms with van der Waals surface area (Å²) in [4.78, 5) is 18.6. The van der Waals surface area contributed by atoms with E-state index in [2.05, 4.69) is 10.1 Å². The number of ether oxygens (including phenoxy) is 1. The fourth-order valence-electron chi connectivity index (χ4n) is 2.70. The van der Waals surface area contributed by atoms with Gasteiger partial charge in [0.25, 0.3) is 5.91 Å². The van der Waals surface area contributed by atoms with Gasteiger partial charge in [0, 0.05) is 24.2 Å². The number of carbonyl (C=O) groups excluding carboxylic acids is 1. The molecule has 0 radical (unpaired) electrons. The van der Waals surface area contributed by atoms with Gasteiger partial charge in [0.1, 0.15) is 11.6 Å². The number of aryl methyl sites for hydroxylation is 1. The highest BCUT2D eigenvalue weighted by molar-refractivity contribution is 6.32.